The average molecular weight is 250 g/mol. The molecular formula is C6H7IN2O. The van der Waals surface area contributed by atoms with Gasteiger partial charge >= 0.3 is 0 Å². The van der Waals surface area contributed by atoms with Gasteiger partial charge in [0.05, 0.1) is 9.77 Å². The highest BCUT2D eigenvalue weighted by atomic mass is 127. The number of aryl methyl sites for hydroxylation is 1. The second-order valence-electron chi connectivity index (χ2n) is 1.81. The Hall–Kier alpha value is -0.390. The van der Waals surface area contributed by atoms with E-state index in [9.17, 15) is 4.79 Å². The van der Waals surface area contributed by atoms with E-state index in [0.717, 1.165) is 16.4 Å². The average Bonchev–Trinajstić information content (AvgIpc) is 2.30. The van der Waals surface area contributed by atoms with Gasteiger partial charge in [0, 0.05) is 6.54 Å². The van der Waals surface area contributed by atoms with Gasteiger partial charge in [0.15, 0.2) is 6.29 Å². The molecule has 10 heavy (non-hydrogen) atoms. The molecule has 0 unspecified atom stereocenters. The minimum Gasteiger partial charge on any atom is -0.296 e. The molecule has 0 spiro atoms. The molecule has 0 amide bonds. The molecule has 0 fully saturated rings. The van der Waals surface area contributed by atoms with Crippen molar-refractivity contribution in [1.29, 1.82) is 0 Å². The summed E-state index contributed by atoms with van der Waals surface area (Å²) in [5.74, 6) is 0. The highest BCUT2D eigenvalue weighted by Crippen LogP contribution is 2.08. The van der Waals surface area contributed by atoms with Gasteiger partial charge in [-0.15, -0.1) is 0 Å². The van der Waals surface area contributed by atoms with Crippen LogP contribution in [0, 0.1) is 3.57 Å². The number of nitrogens with zero attached hydrogens (tertiary/aromatic N) is 2. The number of hydrogen-bond donors (Lipinski definition) is 0. The van der Waals surface area contributed by atoms with Crippen LogP contribution in [-0.4, -0.2) is 16.1 Å². The van der Waals surface area contributed by atoms with E-state index in [-0.39, 0.29) is 0 Å². The van der Waals surface area contributed by atoms with E-state index >= 15 is 0 Å². The van der Waals surface area contributed by atoms with E-state index in [2.05, 4.69) is 27.7 Å². The molecular weight excluding hydrogens is 243 g/mol. The molecule has 0 saturated carbocycles. The van der Waals surface area contributed by atoms with Gasteiger partial charge < -0.3 is 0 Å². The summed E-state index contributed by atoms with van der Waals surface area (Å²) >= 11 is 2.09. The molecule has 0 bridgehead atoms. The fourth-order valence-electron chi connectivity index (χ4n) is 0.741. The zero-order valence-electron chi connectivity index (χ0n) is 5.54. The standard InChI is InChI=1S/C6H7IN2O/c1-2-9-6(4-10)5(7)3-8-9/h3-4H,2H2,1H3. The van der Waals surface area contributed by atoms with Crippen molar-refractivity contribution in [2.24, 2.45) is 0 Å². The zero-order chi connectivity index (χ0) is 7.56. The number of aldehydes is 1. The molecule has 0 aromatic carbocycles. The van der Waals surface area contributed by atoms with E-state index in [1.54, 1.807) is 10.9 Å². The van der Waals surface area contributed by atoms with Gasteiger partial charge in [0.2, 0.25) is 0 Å². The number of rotatable bonds is 2. The molecule has 0 atom stereocenters. The third-order valence-corrected chi connectivity index (χ3v) is 2.08. The lowest BCUT2D eigenvalue weighted by Crippen LogP contribution is -2.01. The van der Waals surface area contributed by atoms with Crippen molar-refractivity contribution >= 4 is 28.9 Å². The molecule has 1 heterocycles. The minimum absolute atomic E-state index is 0.670. The van der Waals surface area contributed by atoms with Crippen LogP contribution in [0.3, 0.4) is 0 Å². The number of halogens is 1. The maximum atomic E-state index is 10.4. The van der Waals surface area contributed by atoms with Gasteiger partial charge in [0.1, 0.15) is 5.69 Å². The molecule has 0 radical (unpaired) electrons. The number of carbonyl (C=O) groups is 1. The molecule has 1 aromatic rings. The van der Waals surface area contributed by atoms with Crippen LogP contribution < -0.4 is 0 Å². The van der Waals surface area contributed by atoms with Crippen molar-refractivity contribution in [3.63, 3.8) is 0 Å². The van der Waals surface area contributed by atoms with E-state index < -0.39 is 0 Å². The highest BCUT2D eigenvalue weighted by molar-refractivity contribution is 14.1. The summed E-state index contributed by atoms with van der Waals surface area (Å²) in [6.07, 6.45) is 2.52. The Morgan fingerprint density at radius 3 is 3.00 bits per heavy atom. The molecule has 0 aliphatic heterocycles. The Bertz CT molecular complexity index is 244. The van der Waals surface area contributed by atoms with Gasteiger partial charge in [-0.2, -0.15) is 5.10 Å². The summed E-state index contributed by atoms with van der Waals surface area (Å²) in [6, 6.07) is 0. The summed E-state index contributed by atoms with van der Waals surface area (Å²) in [5.41, 5.74) is 0.670. The molecule has 1 rings (SSSR count). The first-order chi connectivity index (χ1) is 4.79. The number of aromatic nitrogens is 2. The first-order valence-corrected chi connectivity index (χ1v) is 4.04. The smallest absolute Gasteiger partial charge is 0.169 e. The Labute approximate surface area is 72.6 Å². The summed E-state index contributed by atoms with van der Waals surface area (Å²) in [7, 11) is 0. The first-order valence-electron chi connectivity index (χ1n) is 2.96. The third-order valence-electron chi connectivity index (χ3n) is 1.24. The van der Waals surface area contributed by atoms with Crippen LogP contribution in [-0.2, 0) is 6.54 Å². The maximum Gasteiger partial charge on any atom is 0.169 e. The van der Waals surface area contributed by atoms with Crippen LogP contribution in [0.25, 0.3) is 0 Å². The fraction of sp³-hybridized carbons (Fsp3) is 0.333. The number of carbonyl (C=O) groups excluding carboxylic acids is 1. The predicted molar refractivity (Wildman–Crippen MR) is 46.0 cm³/mol. The van der Waals surface area contributed by atoms with Crippen molar-refractivity contribution < 1.29 is 4.79 Å². The van der Waals surface area contributed by atoms with Gasteiger partial charge in [-0.25, -0.2) is 0 Å². The van der Waals surface area contributed by atoms with Gasteiger partial charge in [-0.3, -0.25) is 9.48 Å². The lowest BCUT2D eigenvalue weighted by atomic mass is 10.5. The monoisotopic (exact) mass is 250 g/mol. The topological polar surface area (TPSA) is 34.9 Å². The summed E-state index contributed by atoms with van der Waals surface area (Å²) < 4.78 is 2.59. The van der Waals surface area contributed by atoms with Crippen molar-refractivity contribution in [3.05, 3.63) is 15.5 Å². The lowest BCUT2D eigenvalue weighted by molar-refractivity contribution is 0.111. The maximum absolute atomic E-state index is 10.4. The SMILES string of the molecule is CCn1ncc(I)c1C=O. The molecule has 4 heteroatoms. The number of hydrogen-bond acceptors (Lipinski definition) is 2. The van der Waals surface area contributed by atoms with E-state index in [1.165, 1.54) is 0 Å². The normalized spacial score (nSPS) is 9.80. The van der Waals surface area contributed by atoms with Crippen molar-refractivity contribution in [3.8, 4) is 0 Å². The van der Waals surface area contributed by atoms with E-state index in [4.69, 9.17) is 0 Å². The zero-order valence-corrected chi connectivity index (χ0v) is 7.70. The van der Waals surface area contributed by atoms with Crippen molar-refractivity contribution in [2.75, 3.05) is 0 Å². The molecule has 0 aliphatic carbocycles. The van der Waals surface area contributed by atoms with Crippen LogP contribution in [0.15, 0.2) is 6.20 Å². The molecule has 54 valence electrons. The molecule has 1 aromatic heterocycles. The van der Waals surface area contributed by atoms with Crippen LogP contribution in [0.4, 0.5) is 0 Å². The van der Waals surface area contributed by atoms with E-state index in [1.807, 2.05) is 6.92 Å². The summed E-state index contributed by atoms with van der Waals surface area (Å²) in [6.45, 7) is 2.70. The quantitative estimate of drug-likeness (QED) is 0.586. The second kappa shape index (κ2) is 3.14. The van der Waals surface area contributed by atoms with Crippen LogP contribution >= 0.6 is 22.6 Å². The van der Waals surface area contributed by atoms with Gasteiger partial charge in [-0.05, 0) is 29.5 Å². The molecule has 0 N–H and O–H groups in total. The van der Waals surface area contributed by atoms with Crippen molar-refractivity contribution in [2.45, 2.75) is 13.5 Å². The Morgan fingerprint density at radius 2 is 2.60 bits per heavy atom. The Kier molecular flexibility index (Phi) is 2.42. The van der Waals surface area contributed by atoms with Gasteiger partial charge in [-0.1, -0.05) is 0 Å². The van der Waals surface area contributed by atoms with Crippen LogP contribution in [0.2, 0.25) is 0 Å². The fourth-order valence-corrected chi connectivity index (χ4v) is 1.27. The van der Waals surface area contributed by atoms with Crippen LogP contribution in [0.5, 0.6) is 0 Å². The highest BCUT2D eigenvalue weighted by Gasteiger charge is 2.03. The van der Waals surface area contributed by atoms with Gasteiger partial charge in [0.25, 0.3) is 0 Å². The lowest BCUT2D eigenvalue weighted by Gasteiger charge is -1.95. The second-order valence-corrected chi connectivity index (χ2v) is 2.97. The summed E-state index contributed by atoms with van der Waals surface area (Å²) in [5, 5.41) is 3.98. The molecule has 0 aliphatic rings. The van der Waals surface area contributed by atoms with Crippen molar-refractivity contribution in [1.82, 2.24) is 9.78 Å². The first kappa shape index (κ1) is 7.71. The third kappa shape index (κ3) is 1.21. The predicted octanol–water partition coefficient (Wildman–Crippen LogP) is 1.32. The Morgan fingerprint density at radius 1 is 1.90 bits per heavy atom. The molecule has 0 saturated heterocycles. The molecule has 3 nitrogen and oxygen atoms in total. The summed E-state index contributed by atoms with van der Waals surface area (Å²) in [4.78, 5) is 10.4. The largest absolute Gasteiger partial charge is 0.296 e. The minimum atomic E-state index is 0.670. The van der Waals surface area contributed by atoms with E-state index in [0.29, 0.717) is 5.69 Å². The Balaban J connectivity index is 3.12. The van der Waals surface area contributed by atoms with Crippen LogP contribution in [0.1, 0.15) is 17.4 Å².